The van der Waals surface area contributed by atoms with Gasteiger partial charge in [-0.3, -0.25) is 4.79 Å². The third-order valence-electron chi connectivity index (χ3n) is 4.91. The number of halogens is 3. The molecule has 0 aliphatic carbocycles. The van der Waals surface area contributed by atoms with Crippen molar-refractivity contribution >= 4 is 22.5 Å². The second-order valence-electron chi connectivity index (χ2n) is 6.69. The monoisotopic (exact) mass is 385 g/mol. The third-order valence-corrected chi connectivity index (χ3v) is 4.91. The second kappa shape index (κ2) is 7.14. The van der Waals surface area contributed by atoms with Crippen LogP contribution in [-0.4, -0.2) is 42.0 Å². The highest BCUT2D eigenvalue weighted by Crippen LogP contribution is 2.35. The molecule has 28 heavy (non-hydrogen) atoms. The Bertz CT molecular complexity index is 997. The molecule has 1 saturated heterocycles. The molecule has 7 heteroatoms. The summed E-state index contributed by atoms with van der Waals surface area (Å²) < 4.78 is 39.9. The van der Waals surface area contributed by atoms with Crippen LogP contribution in [0, 0.1) is 0 Å². The van der Waals surface area contributed by atoms with Crippen LogP contribution in [0.15, 0.2) is 60.7 Å². The summed E-state index contributed by atoms with van der Waals surface area (Å²) in [4.78, 5) is 20.0. The van der Waals surface area contributed by atoms with Gasteiger partial charge in [0, 0.05) is 42.8 Å². The fourth-order valence-electron chi connectivity index (χ4n) is 3.48. The number of fused-ring (bicyclic) bond motifs is 1. The predicted octanol–water partition coefficient (Wildman–Crippen LogP) is 4.22. The van der Waals surface area contributed by atoms with Crippen molar-refractivity contribution in [3.63, 3.8) is 0 Å². The lowest BCUT2D eigenvalue weighted by atomic mass is 10.1. The van der Waals surface area contributed by atoms with E-state index in [1.165, 1.54) is 0 Å². The molecule has 4 rings (SSSR count). The third kappa shape index (κ3) is 3.52. The Balaban J connectivity index is 1.59. The van der Waals surface area contributed by atoms with Crippen LogP contribution in [0.25, 0.3) is 10.9 Å². The van der Waals surface area contributed by atoms with E-state index in [-0.39, 0.29) is 5.91 Å². The average Bonchev–Trinajstić information content (AvgIpc) is 2.72. The van der Waals surface area contributed by atoms with E-state index in [1.807, 2.05) is 23.1 Å². The summed E-state index contributed by atoms with van der Waals surface area (Å²) in [5.41, 5.74) is 0.536. The minimum atomic E-state index is -4.51. The van der Waals surface area contributed by atoms with Crippen LogP contribution in [0.1, 0.15) is 16.1 Å². The number of anilines is 1. The molecule has 0 N–H and O–H groups in total. The molecule has 0 unspecified atom stereocenters. The molecule has 0 radical (unpaired) electrons. The van der Waals surface area contributed by atoms with Crippen molar-refractivity contribution in [3.05, 3.63) is 71.9 Å². The number of aromatic nitrogens is 1. The SMILES string of the molecule is O=C(c1ccccc1)N1CCN(c2cc(C(F)(F)F)nc3ccccc23)CC1. The van der Waals surface area contributed by atoms with E-state index in [2.05, 4.69) is 4.98 Å². The largest absolute Gasteiger partial charge is 0.433 e. The fraction of sp³-hybridized carbons (Fsp3) is 0.238. The molecule has 1 aliphatic rings. The van der Waals surface area contributed by atoms with E-state index in [4.69, 9.17) is 0 Å². The van der Waals surface area contributed by atoms with Crippen LogP contribution in [-0.2, 0) is 6.18 Å². The minimum Gasteiger partial charge on any atom is -0.367 e. The lowest BCUT2D eigenvalue weighted by Crippen LogP contribution is -2.49. The first-order valence-electron chi connectivity index (χ1n) is 9.00. The van der Waals surface area contributed by atoms with Crippen molar-refractivity contribution in [1.29, 1.82) is 0 Å². The summed E-state index contributed by atoms with van der Waals surface area (Å²) in [7, 11) is 0. The molecule has 1 fully saturated rings. The molecule has 0 bridgehead atoms. The highest BCUT2D eigenvalue weighted by Gasteiger charge is 2.34. The Morgan fingerprint density at radius 2 is 1.54 bits per heavy atom. The molecular formula is C21H18F3N3O. The van der Waals surface area contributed by atoms with Gasteiger partial charge in [0.1, 0.15) is 5.69 Å². The number of pyridine rings is 1. The van der Waals surface area contributed by atoms with Crippen LogP contribution in [0.4, 0.5) is 18.9 Å². The predicted molar refractivity (Wildman–Crippen MR) is 101 cm³/mol. The molecule has 0 atom stereocenters. The molecule has 3 aromatic rings. The van der Waals surface area contributed by atoms with Gasteiger partial charge >= 0.3 is 6.18 Å². The summed E-state index contributed by atoms with van der Waals surface area (Å²) in [6, 6.07) is 16.9. The van der Waals surface area contributed by atoms with Crippen LogP contribution in [0.3, 0.4) is 0 Å². The number of amides is 1. The van der Waals surface area contributed by atoms with Gasteiger partial charge in [0.05, 0.1) is 5.52 Å². The number of benzene rings is 2. The van der Waals surface area contributed by atoms with Crippen molar-refractivity contribution in [2.24, 2.45) is 0 Å². The molecule has 2 heterocycles. The summed E-state index contributed by atoms with van der Waals surface area (Å²) in [5, 5.41) is 0.679. The smallest absolute Gasteiger partial charge is 0.367 e. The standard InChI is InChI=1S/C21H18F3N3O/c22-21(23,24)19-14-18(16-8-4-5-9-17(16)25-19)26-10-12-27(13-11-26)20(28)15-6-2-1-3-7-15/h1-9,14H,10-13H2. The number of hydrogen-bond donors (Lipinski definition) is 0. The van der Waals surface area contributed by atoms with Gasteiger partial charge in [-0.2, -0.15) is 13.2 Å². The number of alkyl halides is 3. The first kappa shape index (κ1) is 18.3. The molecule has 2 aromatic carbocycles. The number of carbonyl (C=O) groups is 1. The molecule has 4 nitrogen and oxygen atoms in total. The minimum absolute atomic E-state index is 0.0594. The van der Waals surface area contributed by atoms with Crippen LogP contribution < -0.4 is 4.90 Å². The topological polar surface area (TPSA) is 36.4 Å². The quantitative estimate of drug-likeness (QED) is 0.663. The Morgan fingerprint density at radius 1 is 0.893 bits per heavy atom. The second-order valence-corrected chi connectivity index (χ2v) is 6.69. The summed E-state index contributed by atoms with van der Waals surface area (Å²) in [6.07, 6.45) is -4.51. The van der Waals surface area contributed by atoms with Crippen LogP contribution >= 0.6 is 0 Å². The van der Waals surface area contributed by atoms with Gasteiger partial charge in [0.2, 0.25) is 0 Å². The van der Waals surface area contributed by atoms with Gasteiger partial charge in [-0.25, -0.2) is 4.98 Å². The Labute approximate surface area is 160 Å². The lowest BCUT2D eigenvalue weighted by Gasteiger charge is -2.36. The molecule has 144 valence electrons. The van der Waals surface area contributed by atoms with Gasteiger partial charge in [-0.15, -0.1) is 0 Å². The van der Waals surface area contributed by atoms with Gasteiger partial charge in [0.25, 0.3) is 5.91 Å². The fourth-order valence-corrected chi connectivity index (χ4v) is 3.48. The van der Waals surface area contributed by atoms with Crippen LogP contribution in [0.5, 0.6) is 0 Å². The zero-order valence-electron chi connectivity index (χ0n) is 15.0. The highest BCUT2D eigenvalue weighted by atomic mass is 19.4. The normalized spacial score (nSPS) is 15.1. The average molecular weight is 385 g/mol. The zero-order chi connectivity index (χ0) is 19.7. The maximum Gasteiger partial charge on any atom is 0.433 e. The summed E-state index contributed by atoms with van der Waals surface area (Å²) in [6.45, 7) is 1.82. The number of para-hydroxylation sites is 1. The van der Waals surface area contributed by atoms with E-state index in [9.17, 15) is 18.0 Å². The maximum absolute atomic E-state index is 13.3. The van der Waals surface area contributed by atoms with E-state index in [0.29, 0.717) is 48.3 Å². The molecular weight excluding hydrogens is 367 g/mol. The Hall–Kier alpha value is -3.09. The summed E-state index contributed by atoms with van der Waals surface area (Å²) >= 11 is 0. The molecule has 1 aliphatic heterocycles. The van der Waals surface area contributed by atoms with Crippen molar-refractivity contribution in [3.8, 4) is 0 Å². The molecule has 0 saturated carbocycles. The van der Waals surface area contributed by atoms with Crippen molar-refractivity contribution in [2.45, 2.75) is 6.18 Å². The Kier molecular flexibility index (Phi) is 4.66. The lowest BCUT2D eigenvalue weighted by molar-refractivity contribution is -0.140. The van der Waals surface area contributed by atoms with Crippen molar-refractivity contribution < 1.29 is 18.0 Å². The van der Waals surface area contributed by atoms with E-state index < -0.39 is 11.9 Å². The first-order valence-corrected chi connectivity index (χ1v) is 9.00. The van der Waals surface area contributed by atoms with E-state index >= 15 is 0 Å². The van der Waals surface area contributed by atoms with E-state index in [1.54, 1.807) is 41.3 Å². The summed E-state index contributed by atoms with van der Waals surface area (Å²) in [5.74, 6) is -0.0594. The van der Waals surface area contributed by atoms with Crippen LogP contribution in [0.2, 0.25) is 0 Å². The molecule has 0 spiro atoms. The first-order chi connectivity index (χ1) is 13.4. The molecule has 1 amide bonds. The van der Waals surface area contributed by atoms with Crippen molar-refractivity contribution in [1.82, 2.24) is 9.88 Å². The zero-order valence-corrected chi connectivity index (χ0v) is 15.0. The van der Waals surface area contributed by atoms with Crippen molar-refractivity contribution in [2.75, 3.05) is 31.1 Å². The number of carbonyl (C=O) groups excluding carboxylic acids is 1. The number of hydrogen-bond acceptors (Lipinski definition) is 3. The van der Waals surface area contributed by atoms with Gasteiger partial charge in [-0.05, 0) is 24.3 Å². The van der Waals surface area contributed by atoms with Gasteiger partial charge in [0.15, 0.2) is 0 Å². The maximum atomic E-state index is 13.3. The Morgan fingerprint density at radius 3 is 2.21 bits per heavy atom. The number of rotatable bonds is 2. The van der Waals surface area contributed by atoms with Gasteiger partial charge < -0.3 is 9.80 Å². The number of piperazine rings is 1. The molecule has 1 aromatic heterocycles. The van der Waals surface area contributed by atoms with E-state index in [0.717, 1.165) is 6.07 Å². The van der Waals surface area contributed by atoms with Gasteiger partial charge in [-0.1, -0.05) is 36.4 Å². The highest BCUT2D eigenvalue weighted by molar-refractivity contribution is 5.95. The number of nitrogens with zero attached hydrogens (tertiary/aromatic N) is 3.